The normalized spacial score (nSPS) is 27.3. The maximum Gasteiger partial charge on any atom is 0.317 e. The molecule has 2 rings (SSSR count). The Labute approximate surface area is 128 Å². The summed E-state index contributed by atoms with van der Waals surface area (Å²) in [6.07, 6.45) is 4.46. The first-order chi connectivity index (χ1) is 10.1. The molecule has 2 amide bonds. The Kier molecular flexibility index (Phi) is 6.30. The number of carbonyl (C=O) groups excluding carboxylic acids is 1. The van der Waals surface area contributed by atoms with Gasteiger partial charge >= 0.3 is 6.03 Å². The highest BCUT2D eigenvalue weighted by Gasteiger charge is 2.27. The number of aliphatic hydroxyl groups excluding tert-OH is 1. The van der Waals surface area contributed by atoms with Crippen molar-refractivity contribution < 1.29 is 9.90 Å². The molecule has 0 bridgehead atoms. The zero-order chi connectivity index (χ0) is 15.2. The second kappa shape index (κ2) is 7.99. The third-order valence-corrected chi connectivity index (χ3v) is 4.65. The molecule has 0 saturated carbocycles. The van der Waals surface area contributed by atoms with Gasteiger partial charge in [0.15, 0.2) is 0 Å². The molecule has 0 spiro atoms. The summed E-state index contributed by atoms with van der Waals surface area (Å²) in [5, 5.41) is 12.4. The van der Waals surface area contributed by atoms with Crippen LogP contribution in [0, 0.1) is 11.8 Å². The SMILES string of the molecule is CC(C)CN1CCC[C@H]1CNC(=O)N1CCCC(CO)C1. The summed E-state index contributed by atoms with van der Waals surface area (Å²) in [4.78, 5) is 16.6. The van der Waals surface area contributed by atoms with E-state index in [0.717, 1.165) is 39.0 Å². The average molecular weight is 297 g/mol. The smallest absolute Gasteiger partial charge is 0.317 e. The van der Waals surface area contributed by atoms with Crippen LogP contribution in [0.4, 0.5) is 4.79 Å². The van der Waals surface area contributed by atoms with E-state index >= 15 is 0 Å². The molecule has 2 fully saturated rings. The number of hydrogen-bond acceptors (Lipinski definition) is 3. The van der Waals surface area contributed by atoms with Gasteiger partial charge in [0, 0.05) is 38.8 Å². The fourth-order valence-electron chi connectivity index (χ4n) is 3.55. The molecule has 21 heavy (non-hydrogen) atoms. The Bertz CT molecular complexity index is 335. The molecule has 0 aromatic rings. The van der Waals surface area contributed by atoms with Crippen LogP contribution in [0.3, 0.4) is 0 Å². The fraction of sp³-hybridized carbons (Fsp3) is 0.938. The second-order valence-electron chi connectivity index (χ2n) is 7.01. The van der Waals surface area contributed by atoms with Gasteiger partial charge in [-0.25, -0.2) is 4.79 Å². The Hall–Kier alpha value is -0.810. The lowest BCUT2D eigenvalue weighted by molar-refractivity contribution is 0.127. The lowest BCUT2D eigenvalue weighted by atomic mass is 9.99. The predicted molar refractivity (Wildman–Crippen MR) is 84.2 cm³/mol. The summed E-state index contributed by atoms with van der Waals surface area (Å²) in [6.45, 7) is 9.24. The largest absolute Gasteiger partial charge is 0.396 e. The van der Waals surface area contributed by atoms with Gasteiger partial charge in [-0.05, 0) is 44.1 Å². The molecule has 122 valence electrons. The van der Waals surface area contributed by atoms with E-state index in [1.165, 1.54) is 12.8 Å². The number of urea groups is 1. The molecule has 5 heteroatoms. The van der Waals surface area contributed by atoms with Gasteiger partial charge in [0.25, 0.3) is 0 Å². The van der Waals surface area contributed by atoms with Crippen molar-refractivity contribution in [3.63, 3.8) is 0 Å². The number of piperidine rings is 1. The van der Waals surface area contributed by atoms with Gasteiger partial charge < -0.3 is 15.3 Å². The van der Waals surface area contributed by atoms with Crippen LogP contribution in [0.5, 0.6) is 0 Å². The van der Waals surface area contributed by atoms with Gasteiger partial charge in [0.2, 0.25) is 0 Å². The van der Waals surface area contributed by atoms with Gasteiger partial charge in [-0.3, -0.25) is 4.90 Å². The van der Waals surface area contributed by atoms with Crippen molar-refractivity contribution in [2.24, 2.45) is 11.8 Å². The molecule has 0 radical (unpaired) electrons. The van der Waals surface area contributed by atoms with E-state index in [0.29, 0.717) is 18.5 Å². The molecule has 0 aliphatic carbocycles. The van der Waals surface area contributed by atoms with Gasteiger partial charge in [-0.1, -0.05) is 13.8 Å². The van der Waals surface area contributed by atoms with Crippen LogP contribution in [0.15, 0.2) is 0 Å². The number of rotatable bonds is 5. The van der Waals surface area contributed by atoms with Crippen LogP contribution < -0.4 is 5.32 Å². The third kappa shape index (κ3) is 4.85. The second-order valence-corrected chi connectivity index (χ2v) is 7.01. The molecule has 2 aliphatic rings. The van der Waals surface area contributed by atoms with Crippen molar-refractivity contribution in [3.05, 3.63) is 0 Å². The van der Waals surface area contributed by atoms with Crippen molar-refractivity contribution in [1.82, 2.24) is 15.1 Å². The summed E-state index contributed by atoms with van der Waals surface area (Å²) in [6, 6.07) is 0.541. The molecule has 2 aliphatic heterocycles. The van der Waals surface area contributed by atoms with Gasteiger partial charge in [-0.15, -0.1) is 0 Å². The minimum Gasteiger partial charge on any atom is -0.396 e. The van der Waals surface area contributed by atoms with E-state index in [4.69, 9.17) is 0 Å². The van der Waals surface area contributed by atoms with E-state index in [-0.39, 0.29) is 18.6 Å². The summed E-state index contributed by atoms with van der Waals surface area (Å²) in [5.74, 6) is 0.933. The molecule has 2 N–H and O–H groups in total. The van der Waals surface area contributed by atoms with Crippen LogP contribution >= 0.6 is 0 Å². The summed E-state index contributed by atoms with van der Waals surface area (Å²) >= 11 is 0. The number of likely N-dealkylation sites (tertiary alicyclic amines) is 2. The maximum absolute atomic E-state index is 12.3. The Morgan fingerprint density at radius 1 is 1.29 bits per heavy atom. The van der Waals surface area contributed by atoms with Crippen LogP contribution in [0.1, 0.15) is 39.5 Å². The summed E-state index contributed by atoms with van der Waals surface area (Å²) in [5.41, 5.74) is 0. The van der Waals surface area contributed by atoms with Gasteiger partial charge in [0.05, 0.1) is 0 Å². The molecule has 2 atom stereocenters. The molecule has 0 aromatic carbocycles. The molecule has 2 heterocycles. The molecular formula is C16H31N3O2. The van der Waals surface area contributed by atoms with E-state index in [9.17, 15) is 9.90 Å². The fourth-order valence-corrected chi connectivity index (χ4v) is 3.55. The lowest BCUT2D eigenvalue weighted by Gasteiger charge is -2.33. The van der Waals surface area contributed by atoms with Crippen molar-refractivity contribution in [3.8, 4) is 0 Å². The van der Waals surface area contributed by atoms with Crippen molar-refractivity contribution >= 4 is 6.03 Å². The van der Waals surface area contributed by atoms with Gasteiger partial charge in [-0.2, -0.15) is 0 Å². The van der Waals surface area contributed by atoms with Crippen molar-refractivity contribution in [1.29, 1.82) is 0 Å². The molecule has 1 unspecified atom stereocenters. The standard InChI is InChI=1S/C16H31N3O2/c1-13(2)10-18-7-4-6-15(18)9-17-16(21)19-8-3-5-14(11-19)12-20/h13-15,20H,3-12H2,1-2H3,(H,17,21)/t14?,15-/m0/s1. The number of hydrogen-bond donors (Lipinski definition) is 2. The van der Waals surface area contributed by atoms with E-state index in [1.807, 2.05) is 4.90 Å². The van der Waals surface area contributed by atoms with E-state index in [1.54, 1.807) is 0 Å². The minimum absolute atomic E-state index is 0.0459. The first kappa shape index (κ1) is 16.6. The molecular weight excluding hydrogens is 266 g/mol. The first-order valence-electron chi connectivity index (χ1n) is 8.47. The zero-order valence-corrected chi connectivity index (χ0v) is 13.6. The number of nitrogens with zero attached hydrogens (tertiary/aromatic N) is 2. The number of nitrogens with one attached hydrogen (secondary N) is 1. The highest BCUT2D eigenvalue weighted by Crippen LogP contribution is 2.19. The van der Waals surface area contributed by atoms with E-state index < -0.39 is 0 Å². The molecule has 5 nitrogen and oxygen atoms in total. The maximum atomic E-state index is 12.3. The minimum atomic E-state index is 0.0459. The summed E-state index contributed by atoms with van der Waals surface area (Å²) in [7, 11) is 0. The quantitative estimate of drug-likeness (QED) is 0.809. The van der Waals surface area contributed by atoms with Gasteiger partial charge in [0.1, 0.15) is 0 Å². The summed E-state index contributed by atoms with van der Waals surface area (Å²) < 4.78 is 0. The number of amides is 2. The monoisotopic (exact) mass is 297 g/mol. The topological polar surface area (TPSA) is 55.8 Å². The Morgan fingerprint density at radius 2 is 2.05 bits per heavy atom. The predicted octanol–water partition coefficient (Wildman–Crippen LogP) is 1.52. The highest BCUT2D eigenvalue weighted by atomic mass is 16.3. The van der Waals surface area contributed by atoms with Crippen LogP contribution in [-0.4, -0.2) is 66.3 Å². The Balaban J connectivity index is 1.75. The highest BCUT2D eigenvalue weighted by molar-refractivity contribution is 5.74. The number of carbonyl (C=O) groups is 1. The Morgan fingerprint density at radius 3 is 2.76 bits per heavy atom. The number of aliphatic hydroxyl groups is 1. The lowest BCUT2D eigenvalue weighted by Crippen LogP contribution is -2.49. The zero-order valence-electron chi connectivity index (χ0n) is 13.6. The van der Waals surface area contributed by atoms with Crippen LogP contribution in [0.2, 0.25) is 0 Å². The average Bonchev–Trinajstić information content (AvgIpc) is 2.91. The van der Waals surface area contributed by atoms with Crippen molar-refractivity contribution in [2.45, 2.75) is 45.6 Å². The van der Waals surface area contributed by atoms with Crippen molar-refractivity contribution in [2.75, 3.05) is 39.3 Å². The molecule has 2 saturated heterocycles. The molecule has 0 aromatic heterocycles. The first-order valence-corrected chi connectivity index (χ1v) is 8.47. The van der Waals surface area contributed by atoms with Crippen LogP contribution in [0.25, 0.3) is 0 Å². The van der Waals surface area contributed by atoms with Crippen LogP contribution in [-0.2, 0) is 0 Å². The third-order valence-electron chi connectivity index (χ3n) is 4.65. The van der Waals surface area contributed by atoms with E-state index in [2.05, 4.69) is 24.1 Å².